The number of fused-ring (bicyclic) bond motifs is 1. The number of rotatable bonds is 5. The zero-order chi connectivity index (χ0) is 25.2. The summed E-state index contributed by atoms with van der Waals surface area (Å²) in [6.07, 6.45) is 1.69. The second-order valence-electron chi connectivity index (χ2n) is 9.94. The number of hydrogen-bond donors (Lipinski definition) is 2. The van der Waals surface area contributed by atoms with E-state index in [-0.39, 0.29) is 36.0 Å². The van der Waals surface area contributed by atoms with Crippen molar-refractivity contribution in [3.8, 4) is 0 Å². The summed E-state index contributed by atoms with van der Waals surface area (Å²) >= 11 is 6.27. The fourth-order valence-corrected chi connectivity index (χ4v) is 5.62. The third kappa shape index (κ3) is 4.21. The van der Waals surface area contributed by atoms with Crippen molar-refractivity contribution in [3.05, 3.63) is 40.8 Å². The van der Waals surface area contributed by atoms with E-state index in [0.29, 0.717) is 37.4 Å². The Hall–Kier alpha value is -2.47. The molecule has 8 nitrogen and oxygen atoms in total. The molecular formula is C24H26ClF3N6O2. The summed E-state index contributed by atoms with van der Waals surface area (Å²) in [4.78, 5) is 10.9. The number of aliphatic hydroxyl groups excluding tert-OH is 1. The first kappa shape index (κ1) is 23.9. The highest BCUT2D eigenvalue weighted by Gasteiger charge is 2.59. The van der Waals surface area contributed by atoms with Gasteiger partial charge in [0.25, 0.3) is 5.92 Å². The average molecular weight is 523 g/mol. The van der Waals surface area contributed by atoms with Crippen LogP contribution in [-0.2, 0) is 4.74 Å². The number of halogens is 4. The van der Waals surface area contributed by atoms with Gasteiger partial charge in [-0.1, -0.05) is 11.6 Å². The molecule has 1 aromatic carbocycles. The number of hydrogen-bond acceptors (Lipinski definition) is 7. The van der Waals surface area contributed by atoms with Crippen LogP contribution < -0.4 is 5.32 Å². The summed E-state index contributed by atoms with van der Waals surface area (Å²) < 4.78 is 48.7. The van der Waals surface area contributed by atoms with Crippen molar-refractivity contribution < 1.29 is 23.0 Å². The molecule has 5 atom stereocenters. The Labute approximate surface area is 210 Å². The standard InChI is InChI=1S/C24H26ClF3N6O2/c1-12-4-13-7-29-23(32-18-8-30-34(22(18)25)21-6-24(21,27)28)31-17(13)5-15(12)14-2-3-33(9-16(14)26)19-10-36-11-20(19)35/h4-5,7-8,14,16,19-21,35H,2-3,6,9-11H2,1H3,(H,29,31,32)/t14?,16-,19?,20?,21?/m0/s1. The van der Waals surface area contributed by atoms with E-state index < -0.39 is 24.2 Å². The van der Waals surface area contributed by atoms with Crippen LogP contribution in [0.1, 0.15) is 35.9 Å². The van der Waals surface area contributed by atoms with Crippen LogP contribution in [0.15, 0.2) is 24.5 Å². The molecule has 1 aliphatic carbocycles. The van der Waals surface area contributed by atoms with Crippen molar-refractivity contribution in [1.82, 2.24) is 24.6 Å². The smallest absolute Gasteiger partial charge is 0.272 e. The number of alkyl halides is 3. The molecule has 3 aliphatic rings. The summed E-state index contributed by atoms with van der Waals surface area (Å²) in [6.45, 7) is 3.59. The quantitative estimate of drug-likeness (QED) is 0.523. The summed E-state index contributed by atoms with van der Waals surface area (Å²) in [7, 11) is 0. The Bertz CT molecular complexity index is 1310. The number of piperidine rings is 1. The molecule has 0 radical (unpaired) electrons. The minimum Gasteiger partial charge on any atom is -0.389 e. The first-order valence-corrected chi connectivity index (χ1v) is 12.4. The van der Waals surface area contributed by atoms with Crippen molar-refractivity contribution in [2.45, 2.75) is 56.0 Å². The molecule has 0 amide bonds. The van der Waals surface area contributed by atoms with Gasteiger partial charge in [0.05, 0.1) is 42.8 Å². The fourth-order valence-electron chi connectivity index (χ4n) is 5.36. The van der Waals surface area contributed by atoms with Gasteiger partial charge < -0.3 is 15.2 Å². The number of aryl methyl sites for hydroxylation is 1. The largest absolute Gasteiger partial charge is 0.389 e. The van der Waals surface area contributed by atoms with Gasteiger partial charge in [0.2, 0.25) is 5.95 Å². The van der Waals surface area contributed by atoms with Gasteiger partial charge in [-0.3, -0.25) is 4.90 Å². The molecule has 2 aliphatic heterocycles. The van der Waals surface area contributed by atoms with Crippen LogP contribution in [0.5, 0.6) is 0 Å². The molecule has 12 heteroatoms. The number of likely N-dealkylation sites (tertiary alicyclic amines) is 1. The lowest BCUT2D eigenvalue weighted by atomic mass is 9.84. The van der Waals surface area contributed by atoms with E-state index in [0.717, 1.165) is 21.2 Å². The van der Waals surface area contributed by atoms with Gasteiger partial charge in [0, 0.05) is 30.5 Å². The minimum absolute atomic E-state index is 0.0651. The second-order valence-corrected chi connectivity index (χ2v) is 10.3. The molecule has 2 N–H and O–H groups in total. The second kappa shape index (κ2) is 8.83. The van der Waals surface area contributed by atoms with Crippen LogP contribution in [0.2, 0.25) is 5.15 Å². The maximum Gasteiger partial charge on any atom is 0.272 e. The maximum absolute atomic E-state index is 15.4. The van der Waals surface area contributed by atoms with Gasteiger partial charge in [0.1, 0.15) is 12.2 Å². The number of nitrogens with one attached hydrogen (secondary N) is 1. The van der Waals surface area contributed by atoms with E-state index in [9.17, 15) is 13.9 Å². The molecular weight excluding hydrogens is 497 g/mol. The molecule has 3 fully saturated rings. The molecule has 6 rings (SSSR count). The molecule has 2 aromatic heterocycles. The lowest BCUT2D eigenvalue weighted by molar-refractivity contribution is 0.0352. The molecule has 4 heterocycles. The normalized spacial score (nSPS) is 30.1. The Balaban J connectivity index is 1.22. The lowest BCUT2D eigenvalue weighted by Crippen LogP contribution is -2.50. The molecule has 0 spiro atoms. The van der Waals surface area contributed by atoms with Crippen LogP contribution in [0.3, 0.4) is 0 Å². The van der Waals surface area contributed by atoms with Crippen molar-refractivity contribution in [3.63, 3.8) is 0 Å². The number of nitrogens with zero attached hydrogens (tertiary/aromatic N) is 5. The van der Waals surface area contributed by atoms with Crippen LogP contribution in [-0.4, -0.2) is 80.3 Å². The van der Waals surface area contributed by atoms with Crippen molar-refractivity contribution in [2.75, 3.05) is 31.6 Å². The molecule has 1 saturated carbocycles. The van der Waals surface area contributed by atoms with Gasteiger partial charge in [0.15, 0.2) is 5.15 Å². The first-order chi connectivity index (χ1) is 17.2. The third-order valence-corrected chi connectivity index (χ3v) is 7.88. The molecule has 2 saturated heterocycles. The van der Waals surface area contributed by atoms with Crippen molar-refractivity contribution >= 4 is 34.1 Å². The minimum atomic E-state index is -2.80. The highest BCUT2D eigenvalue weighted by molar-refractivity contribution is 6.32. The van der Waals surface area contributed by atoms with Crippen LogP contribution in [0.4, 0.5) is 24.8 Å². The Kier molecular flexibility index (Phi) is 5.86. The molecule has 3 aromatic rings. The van der Waals surface area contributed by atoms with Gasteiger partial charge in [-0.25, -0.2) is 27.8 Å². The molecule has 0 bridgehead atoms. The highest BCUT2D eigenvalue weighted by atomic mass is 35.5. The number of aliphatic hydroxyl groups is 1. The van der Waals surface area contributed by atoms with E-state index in [1.165, 1.54) is 6.20 Å². The van der Waals surface area contributed by atoms with E-state index >= 15 is 4.39 Å². The van der Waals surface area contributed by atoms with E-state index in [1.807, 2.05) is 24.0 Å². The molecule has 4 unspecified atom stereocenters. The molecule has 36 heavy (non-hydrogen) atoms. The van der Waals surface area contributed by atoms with Gasteiger partial charge in [-0.05, 0) is 43.1 Å². The summed E-state index contributed by atoms with van der Waals surface area (Å²) in [5, 5.41) is 17.9. The SMILES string of the molecule is Cc1cc2cnc(Nc3cnn(C4CC4(F)F)c3Cl)nc2cc1C1CCN(C2COCC2O)C[C@@H]1F. The Morgan fingerprint density at radius 2 is 2.06 bits per heavy atom. The van der Waals surface area contributed by atoms with Crippen LogP contribution in [0.25, 0.3) is 10.9 Å². The van der Waals surface area contributed by atoms with Crippen LogP contribution >= 0.6 is 11.6 Å². The number of aromatic nitrogens is 4. The summed E-state index contributed by atoms with van der Waals surface area (Å²) in [5.41, 5.74) is 2.83. The number of benzene rings is 1. The van der Waals surface area contributed by atoms with Gasteiger partial charge in [-0.15, -0.1) is 0 Å². The summed E-state index contributed by atoms with van der Waals surface area (Å²) in [5.74, 6) is -2.84. The van der Waals surface area contributed by atoms with Crippen LogP contribution in [0, 0.1) is 6.92 Å². The van der Waals surface area contributed by atoms with E-state index in [4.69, 9.17) is 16.3 Å². The van der Waals surface area contributed by atoms with E-state index in [2.05, 4.69) is 20.4 Å². The zero-order valence-electron chi connectivity index (χ0n) is 19.5. The Morgan fingerprint density at radius 3 is 2.75 bits per heavy atom. The number of ether oxygens (including phenoxy) is 1. The first-order valence-electron chi connectivity index (χ1n) is 12.0. The predicted molar refractivity (Wildman–Crippen MR) is 128 cm³/mol. The number of anilines is 2. The van der Waals surface area contributed by atoms with Gasteiger partial charge >= 0.3 is 0 Å². The summed E-state index contributed by atoms with van der Waals surface area (Å²) in [6, 6.07) is 2.65. The Morgan fingerprint density at radius 1 is 1.25 bits per heavy atom. The molecule has 192 valence electrons. The third-order valence-electron chi connectivity index (χ3n) is 7.50. The predicted octanol–water partition coefficient (Wildman–Crippen LogP) is 4.00. The fraction of sp³-hybridized carbons (Fsp3) is 0.542. The zero-order valence-corrected chi connectivity index (χ0v) is 20.3. The van der Waals surface area contributed by atoms with Gasteiger partial charge in [-0.2, -0.15) is 5.10 Å². The monoisotopic (exact) mass is 522 g/mol. The highest BCUT2D eigenvalue weighted by Crippen LogP contribution is 2.53. The van der Waals surface area contributed by atoms with E-state index in [1.54, 1.807) is 6.20 Å². The maximum atomic E-state index is 15.4. The lowest BCUT2D eigenvalue weighted by Gasteiger charge is -2.39. The van der Waals surface area contributed by atoms with Crippen molar-refractivity contribution in [2.24, 2.45) is 0 Å². The van der Waals surface area contributed by atoms with Crippen molar-refractivity contribution in [1.29, 1.82) is 0 Å². The average Bonchev–Trinajstić information content (AvgIpc) is 3.12. The topological polar surface area (TPSA) is 88.3 Å².